The summed E-state index contributed by atoms with van der Waals surface area (Å²) in [6, 6.07) is 6.63. The Bertz CT molecular complexity index is 762. The molecular weight excluding hydrogens is 316 g/mol. The number of halogens is 2. The average Bonchev–Trinajstić information content (AvgIpc) is 2.50. The number of carboxylic acid groups (broad SMARTS) is 1. The van der Waals surface area contributed by atoms with Crippen LogP contribution in [0.2, 0.25) is 0 Å². The van der Waals surface area contributed by atoms with Crippen LogP contribution in [0.5, 0.6) is 5.75 Å². The summed E-state index contributed by atoms with van der Waals surface area (Å²) in [4.78, 5) is 11.2. The van der Waals surface area contributed by atoms with Gasteiger partial charge >= 0.3 is 5.97 Å². The molecule has 4 nitrogen and oxygen atoms in total. The highest BCUT2D eigenvalue weighted by molar-refractivity contribution is 5.68. The number of carboxylic acids is 1. The lowest BCUT2D eigenvalue weighted by Crippen LogP contribution is -2.24. The summed E-state index contributed by atoms with van der Waals surface area (Å²) in [5.74, 6) is -3.49. The fourth-order valence-corrected chi connectivity index (χ4v) is 2.61. The van der Waals surface area contributed by atoms with Crippen LogP contribution in [0.4, 0.5) is 8.78 Å². The van der Waals surface area contributed by atoms with E-state index >= 15 is 0 Å². The van der Waals surface area contributed by atoms with Crippen molar-refractivity contribution in [2.24, 2.45) is 0 Å². The van der Waals surface area contributed by atoms with Crippen LogP contribution in [-0.2, 0) is 11.3 Å². The van der Waals surface area contributed by atoms with Gasteiger partial charge in [-0.05, 0) is 36.6 Å². The van der Waals surface area contributed by atoms with Crippen molar-refractivity contribution in [1.29, 1.82) is 0 Å². The molecule has 0 spiro atoms. The molecule has 0 aliphatic heterocycles. The molecule has 0 radical (unpaired) electrons. The topological polar surface area (TPSA) is 69.6 Å². The Balaban J connectivity index is 2.27. The average molecular weight is 335 g/mol. The Kier molecular flexibility index (Phi) is 5.51. The molecule has 0 saturated heterocycles. The third-order valence-corrected chi connectivity index (χ3v) is 4.05. The SMILES string of the molecule is Cc1cccc([C@@H](CC(=O)O)NCc2cc(F)cc(F)c2O)c1C. The molecule has 2 aromatic rings. The first-order valence-electron chi connectivity index (χ1n) is 7.47. The van der Waals surface area contributed by atoms with Crippen molar-refractivity contribution < 1.29 is 23.8 Å². The number of aryl methyl sites for hydroxylation is 1. The van der Waals surface area contributed by atoms with Gasteiger partial charge in [-0.1, -0.05) is 18.2 Å². The lowest BCUT2D eigenvalue weighted by Gasteiger charge is -2.21. The van der Waals surface area contributed by atoms with E-state index < -0.39 is 29.4 Å². The number of rotatable bonds is 6. The van der Waals surface area contributed by atoms with Crippen molar-refractivity contribution in [3.05, 3.63) is 64.2 Å². The lowest BCUT2D eigenvalue weighted by molar-refractivity contribution is -0.137. The molecule has 6 heteroatoms. The molecule has 0 aliphatic rings. The molecule has 128 valence electrons. The molecule has 0 aliphatic carbocycles. The summed E-state index contributed by atoms with van der Waals surface area (Å²) >= 11 is 0. The number of phenolic OH excluding ortho intramolecular Hbond substituents is 1. The molecule has 1 atom stereocenters. The molecule has 2 rings (SSSR count). The van der Waals surface area contributed by atoms with Crippen molar-refractivity contribution >= 4 is 5.97 Å². The van der Waals surface area contributed by atoms with E-state index in [1.54, 1.807) is 0 Å². The maximum atomic E-state index is 13.4. The predicted molar refractivity (Wildman–Crippen MR) is 85.8 cm³/mol. The second-order valence-corrected chi connectivity index (χ2v) is 5.72. The number of aromatic hydroxyl groups is 1. The van der Waals surface area contributed by atoms with E-state index in [1.807, 2.05) is 32.0 Å². The van der Waals surface area contributed by atoms with Gasteiger partial charge in [-0.2, -0.15) is 0 Å². The van der Waals surface area contributed by atoms with Crippen molar-refractivity contribution in [1.82, 2.24) is 5.32 Å². The molecule has 0 aromatic heterocycles. The molecular formula is C18H19F2NO3. The zero-order valence-electron chi connectivity index (χ0n) is 13.4. The van der Waals surface area contributed by atoms with Gasteiger partial charge < -0.3 is 15.5 Å². The third kappa shape index (κ3) is 4.08. The zero-order valence-corrected chi connectivity index (χ0v) is 13.4. The van der Waals surface area contributed by atoms with Crippen molar-refractivity contribution in [2.75, 3.05) is 0 Å². The van der Waals surface area contributed by atoms with E-state index in [1.165, 1.54) is 0 Å². The van der Waals surface area contributed by atoms with Crippen LogP contribution >= 0.6 is 0 Å². The van der Waals surface area contributed by atoms with E-state index in [0.29, 0.717) is 6.07 Å². The minimum absolute atomic E-state index is 0.0354. The van der Waals surface area contributed by atoms with Gasteiger partial charge in [0.2, 0.25) is 0 Å². The molecule has 0 saturated carbocycles. The van der Waals surface area contributed by atoms with Crippen molar-refractivity contribution in [2.45, 2.75) is 32.9 Å². The summed E-state index contributed by atoms with van der Waals surface area (Å²) in [5.41, 5.74) is 2.80. The summed E-state index contributed by atoms with van der Waals surface area (Å²) in [5, 5.41) is 21.8. The van der Waals surface area contributed by atoms with Gasteiger partial charge in [0, 0.05) is 24.2 Å². The summed E-state index contributed by atoms with van der Waals surface area (Å²) in [6.07, 6.45) is -0.192. The molecule has 2 aromatic carbocycles. The first-order chi connectivity index (χ1) is 11.3. The van der Waals surface area contributed by atoms with E-state index in [-0.39, 0.29) is 18.5 Å². The van der Waals surface area contributed by atoms with E-state index in [2.05, 4.69) is 5.32 Å². The molecule has 3 N–H and O–H groups in total. The molecule has 24 heavy (non-hydrogen) atoms. The number of hydrogen-bond donors (Lipinski definition) is 3. The Morgan fingerprint density at radius 2 is 1.96 bits per heavy atom. The van der Waals surface area contributed by atoms with Gasteiger partial charge in [0.1, 0.15) is 5.82 Å². The second-order valence-electron chi connectivity index (χ2n) is 5.72. The van der Waals surface area contributed by atoms with Gasteiger partial charge in [-0.15, -0.1) is 0 Å². The monoisotopic (exact) mass is 335 g/mol. The molecule has 0 heterocycles. The third-order valence-electron chi connectivity index (χ3n) is 4.05. The van der Waals surface area contributed by atoms with E-state index in [9.17, 15) is 18.7 Å². The molecule has 0 unspecified atom stereocenters. The second kappa shape index (κ2) is 7.40. The number of carbonyl (C=O) groups is 1. The number of phenols is 1. The van der Waals surface area contributed by atoms with Crippen LogP contribution in [0.3, 0.4) is 0 Å². The quantitative estimate of drug-likeness (QED) is 0.754. The van der Waals surface area contributed by atoms with Crippen LogP contribution in [0.15, 0.2) is 30.3 Å². The highest BCUT2D eigenvalue weighted by Crippen LogP contribution is 2.26. The Hall–Kier alpha value is -2.47. The van der Waals surface area contributed by atoms with Gasteiger partial charge in [0.05, 0.1) is 6.42 Å². The number of hydrogen-bond acceptors (Lipinski definition) is 3. The summed E-state index contributed by atoms with van der Waals surface area (Å²) in [7, 11) is 0. The van der Waals surface area contributed by atoms with Gasteiger partial charge in [0.15, 0.2) is 11.6 Å². The number of aliphatic carboxylic acids is 1. The standard InChI is InChI=1S/C18H19F2NO3/c1-10-4-3-5-14(11(10)2)16(8-17(22)23)21-9-12-6-13(19)7-15(20)18(12)24/h3-7,16,21,24H,8-9H2,1-2H3,(H,22,23)/t16-/m1/s1. The fourth-order valence-electron chi connectivity index (χ4n) is 2.61. The Labute approximate surface area is 138 Å². The normalized spacial score (nSPS) is 12.2. The van der Waals surface area contributed by atoms with Gasteiger partial charge in [0.25, 0.3) is 0 Å². The van der Waals surface area contributed by atoms with Crippen LogP contribution in [-0.4, -0.2) is 16.2 Å². The summed E-state index contributed by atoms with van der Waals surface area (Å²) < 4.78 is 26.7. The Morgan fingerprint density at radius 3 is 2.62 bits per heavy atom. The zero-order chi connectivity index (χ0) is 17.9. The minimum atomic E-state index is -1.05. The first kappa shape index (κ1) is 17.9. The van der Waals surface area contributed by atoms with Crippen molar-refractivity contribution in [3.63, 3.8) is 0 Å². The maximum Gasteiger partial charge on any atom is 0.305 e. The Morgan fingerprint density at radius 1 is 1.25 bits per heavy atom. The minimum Gasteiger partial charge on any atom is -0.505 e. The largest absolute Gasteiger partial charge is 0.505 e. The number of benzene rings is 2. The smallest absolute Gasteiger partial charge is 0.305 e. The van der Waals surface area contributed by atoms with Crippen molar-refractivity contribution in [3.8, 4) is 5.75 Å². The highest BCUT2D eigenvalue weighted by Gasteiger charge is 2.19. The first-order valence-corrected chi connectivity index (χ1v) is 7.47. The van der Waals surface area contributed by atoms with Gasteiger partial charge in [-0.3, -0.25) is 4.79 Å². The van der Waals surface area contributed by atoms with Crippen LogP contribution in [0.1, 0.15) is 34.7 Å². The lowest BCUT2D eigenvalue weighted by atomic mass is 9.95. The molecule has 0 fully saturated rings. The predicted octanol–water partition coefficient (Wildman–Crippen LogP) is 3.59. The maximum absolute atomic E-state index is 13.4. The number of nitrogens with one attached hydrogen (secondary N) is 1. The molecule has 0 bridgehead atoms. The fraction of sp³-hybridized carbons (Fsp3) is 0.278. The van der Waals surface area contributed by atoms with E-state index in [0.717, 1.165) is 22.8 Å². The van der Waals surface area contributed by atoms with Crippen LogP contribution in [0.25, 0.3) is 0 Å². The molecule has 0 amide bonds. The van der Waals surface area contributed by atoms with Crippen LogP contribution < -0.4 is 5.32 Å². The van der Waals surface area contributed by atoms with Crippen LogP contribution in [0, 0.1) is 25.5 Å². The highest BCUT2D eigenvalue weighted by atomic mass is 19.1. The van der Waals surface area contributed by atoms with E-state index in [4.69, 9.17) is 5.11 Å². The summed E-state index contributed by atoms with van der Waals surface area (Å²) in [6.45, 7) is 3.75. The van der Waals surface area contributed by atoms with Gasteiger partial charge in [-0.25, -0.2) is 8.78 Å².